The lowest BCUT2D eigenvalue weighted by Crippen LogP contribution is -2.21. The zero-order chi connectivity index (χ0) is 15.5. The van der Waals surface area contributed by atoms with E-state index in [-0.39, 0.29) is 11.6 Å². The highest BCUT2D eigenvalue weighted by Crippen LogP contribution is 2.25. The Morgan fingerprint density at radius 1 is 1.38 bits per heavy atom. The molecule has 2 heterocycles. The van der Waals surface area contributed by atoms with Gasteiger partial charge in [-0.1, -0.05) is 35.6 Å². The van der Waals surface area contributed by atoms with E-state index in [2.05, 4.69) is 45.5 Å². The number of ether oxygens (including phenoxy) is 1. The zero-order valence-electron chi connectivity index (χ0n) is 12.8. The van der Waals surface area contributed by atoms with Gasteiger partial charge in [0.15, 0.2) is 5.01 Å². The average Bonchev–Trinajstić information content (AvgIpc) is 2.78. The van der Waals surface area contributed by atoms with Crippen LogP contribution in [-0.4, -0.2) is 36.4 Å². The first-order valence-corrected chi connectivity index (χ1v) is 11.9. The lowest BCUT2D eigenvalue weighted by atomic mass is 10.3. The Kier molecular flexibility index (Phi) is 5.59. The van der Waals surface area contributed by atoms with Crippen LogP contribution in [0.3, 0.4) is 0 Å². The van der Waals surface area contributed by atoms with Gasteiger partial charge in [0.2, 0.25) is 0 Å². The van der Waals surface area contributed by atoms with E-state index in [4.69, 9.17) is 9.84 Å². The van der Waals surface area contributed by atoms with Crippen LogP contribution in [0.1, 0.15) is 16.4 Å². The number of aromatic amines is 1. The summed E-state index contributed by atoms with van der Waals surface area (Å²) in [5, 5.41) is 8.81. The Labute approximate surface area is 135 Å². The van der Waals surface area contributed by atoms with Gasteiger partial charge in [0.25, 0.3) is 0 Å². The average molecular weight is 371 g/mol. The molecule has 2 rings (SSSR count). The van der Waals surface area contributed by atoms with E-state index in [1.807, 2.05) is 18.2 Å². The van der Waals surface area contributed by atoms with Gasteiger partial charge in [0.1, 0.15) is 0 Å². The van der Waals surface area contributed by atoms with Crippen LogP contribution in [0, 0.1) is 0 Å². The minimum Gasteiger partial charge on any atom is -0.396 e. The molecule has 4 nitrogen and oxygen atoms in total. The summed E-state index contributed by atoms with van der Waals surface area (Å²) in [5.41, 5.74) is 3.79. The van der Waals surface area contributed by atoms with Crippen LogP contribution < -0.4 is 0 Å². The number of aliphatic hydroxyl groups is 1. The molecule has 1 atom stereocenters. The Balaban J connectivity index is 2.03. The van der Waals surface area contributed by atoms with Crippen molar-refractivity contribution in [2.45, 2.75) is 37.1 Å². The first-order valence-electron chi connectivity index (χ1n) is 7.24. The quantitative estimate of drug-likeness (QED) is 0.574. The number of hydrogen-bond acceptors (Lipinski definition) is 3. The van der Waals surface area contributed by atoms with Crippen LogP contribution in [-0.2, 0) is 11.2 Å². The molecule has 0 aliphatic heterocycles. The number of fused-ring (bicyclic) bond motifs is 1. The molecular weight excluding hydrogens is 348 g/mol. The van der Waals surface area contributed by atoms with Gasteiger partial charge < -0.3 is 14.8 Å². The fraction of sp³-hybridized carbons (Fsp3) is 0.533. The molecule has 6 heteroatoms. The third-order valence-corrected chi connectivity index (χ3v) is 5.72. The van der Waals surface area contributed by atoms with E-state index in [9.17, 15) is 0 Å². The number of aromatic nitrogens is 2. The van der Waals surface area contributed by atoms with E-state index < -0.39 is 8.07 Å². The molecule has 116 valence electrons. The van der Waals surface area contributed by atoms with Crippen molar-refractivity contribution >= 4 is 35.0 Å². The number of nitrogens with one attached hydrogen (secondary N) is 1. The number of alkyl halides is 1. The number of H-pyrrole nitrogens is 1. The molecule has 2 aromatic rings. The van der Waals surface area contributed by atoms with Gasteiger partial charge in [0, 0.05) is 33.4 Å². The van der Waals surface area contributed by atoms with E-state index >= 15 is 0 Å². The monoisotopic (exact) mass is 370 g/mol. The van der Waals surface area contributed by atoms with Gasteiger partial charge in [-0.2, -0.15) is 0 Å². The maximum Gasteiger partial charge on any atom is 0.154 e. The minimum atomic E-state index is -1.07. The Bertz CT molecular complexity index is 595. The van der Waals surface area contributed by atoms with Crippen molar-refractivity contribution < 1.29 is 9.84 Å². The number of nitrogens with zero attached hydrogens (tertiary/aromatic N) is 1. The van der Waals surface area contributed by atoms with Crippen LogP contribution in [0.15, 0.2) is 18.2 Å². The maximum atomic E-state index is 8.99. The van der Waals surface area contributed by atoms with Gasteiger partial charge >= 0.3 is 0 Å². The van der Waals surface area contributed by atoms with Gasteiger partial charge in [-0.15, -0.1) is 0 Å². The third-order valence-electron chi connectivity index (χ3n) is 3.28. The lowest BCUT2D eigenvalue weighted by molar-refractivity contribution is 0.127. The number of rotatable bonds is 7. The highest BCUT2D eigenvalue weighted by atomic mass is 79.9. The summed E-state index contributed by atoms with van der Waals surface area (Å²) in [6.45, 7) is 7.92. The molecule has 0 aliphatic rings. The molecule has 0 aliphatic carbocycles. The van der Waals surface area contributed by atoms with Gasteiger partial charge in [-0.25, -0.2) is 4.98 Å². The molecule has 2 aromatic heterocycles. The van der Waals surface area contributed by atoms with Gasteiger partial charge in [0.05, 0.1) is 16.7 Å². The highest BCUT2D eigenvalue weighted by molar-refractivity contribution is 9.09. The minimum absolute atomic E-state index is 0.139. The second-order valence-electron chi connectivity index (χ2n) is 6.43. The number of aliphatic hydroxyl groups excluding tert-OH is 1. The van der Waals surface area contributed by atoms with Crippen molar-refractivity contribution in [3.05, 3.63) is 29.6 Å². The summed E-state index contributed by atoms with van der Waals surface area (Å²) in [4.78, 5) is 7.87. The van der Waals surface area contributed by atoms with Crippen molar-refractivity contribution in [1.82, 2.24) is 9.97 Å². The SMILES string of the molecule is C[Si](C)(C)CCOC(Br)c1ccc2[nH]c(CCO)cc2n1. The van der Waals surface area contributed by atoms with Crippen molar-refractivity contribution in [3.63, 3.8) is 0 Å². The van der Waals surface area contributed by atoms with E-state index in [1.165, 1.54) is 0 Å². The van der Waals surface area contributed by atoms with E-state index in [0.717, 1.165) is 35.1 Å². The van der Waals surface area contributed by atoms with Crippen LogP contribution in [0.2, 0.25) is 25.7 Å². The molecule has 0 fully saturated rings. The molecule has 0 saturated heterocycles. The fourth-order valence-electron chi connectivity index (χ4n) is 2.02. The molecule has 2 N–H and O–H groups in total. The van der Waals surface area contributed by atoms with Crippen LogP contribution in [0.25, 0.3) is 11.0 Å². The smallest absolute Gasteiger partial charge is 0.154 e. The number of pyridine rings is 1. The summed E-state index contributed by atoms with van der Waals surface area (Å²) in [7, 11) is -1.07. The fourth-order valence-corrected chi connectivity index (χ4v) is 3.19. The van der Waals surface area contributed by atoms with E-state index in [0.29, 0.717) is 6.42 Å². The lowest BCUT2D eigenvalue weighted by Gasteiger charge is -2.17. The second kappa shape index (κ2) is 7.04. The van der Waals surface area contributed by atoms with Gasteiger partial charge in [-0.05, 0) is 24.2 Å². The molecule has 0 radical (unpaired) electrons. The van der Waals surface area contributed by atoms with E-state index in [1.54, 1.807) is 0 Å². The van der Waals surface area contributed by atoms with Crippen molar-refractivity contribution in [2.75, 3.05) is 13.2 Å². The zero-order valence-corrected chi connectivity index (χ0v) is 15.4. The van der Waals surface area contributed by atoms with Crippen molar-refractivity contribution in [2.24, 2.45) is 0 Å². The van der Waals surface area contributed by atoms with Crippen LogP contribution in [0.4, 0.5) is 0 Å². The first-order chi connectivity index (χ1) is 9.89. The highest BCUT2D eigenvalue weighted by Gasteiger charge is 2.16. The standard InChI is InChI=1S/C15H23BrN2O2Si/c1-21(2,3)9-8-20-15(16)13-5-4-12-14(18-13)10-11(17-12)6-7-19/h4-5,10,15,17,19H,6-9H2,1-3H3. The molecular formula is C15H23BrN2O2Si. The van der Waals surface area contributed by atoms with Gasteiger partial charge in [-0.3, -0.25) is 0 Å². The van der Waals surface area contributed by atoms with Crippen molar-refractivity contribution in [1.29, 1.82) is 0 Å². The number of halogens is 1. The summed E-state index contributed by atoms with van der Waals surface area (Å²) in [6, 6.07) is 7.10. The molecule has 0 amide bonds. The van der Waals surface area contributed by atoms with Crippen LogP contribution >= 0.6 is 15.9 Å². The molecule has 0 spiro atoms. The first kappa shape index (κ1) is 16.7. The molecule has 21 heavy (non-hydrogen) atoms. The summed E-state index contributed by atoms with van der Waals surface area (Å²) < 4.78 is 5.85. The second-order valence-corrected chi connectivity index (χ2v) is 12.9. The van der Waals surface area contributed by atoms with Crippen molar-refractivity contribution in [3.8, 4) is 0 Å². The Morgan fingerprint density at radius 3 is 2.81 bits per heavy atom. The maximum absolute atomic E-state index is 8.99. The predicted octanol–water partition coefficient (Wildman–Crippen LogP) is 3.85. The molecule has 0 aromatic carbocycles. The molecule has 0 bridgehead atoms. The van der Waals surface area contributed by atoms with Crippen LogP contribution in [0.5, 0.6) is 0 Å². The third kappa shape index (κ3) is 4.91. The predicted molar refractivity (Wildman–Crippen MR) is 92.7 cm³/mol. The molecule has 0 saturated carbocycles. The topological polar surface area (TPSA) is 58.1 Å². The summed E-state index contributed by atoms with van der Waals surface area (Å²) in [6.07, 6.45) is 0.621. The Hall–Kier alpha value is -0.693. The summed E-state index contributed by atoms with van der Waals surface area (Å²) in [5.74, 6) is 0. The Morgan fingerprint density at radius 2 is 2.14 bits per heavy atom. The largest absolute Gasteiger partial charge is 0.396 e. The number of hydrogen-bond donors (Lipinski definition) is 2. The normalized spacial score (nSPS) is 13.8. The molecule has 1 unspecified atom stereocenters. The summed E-state index contributed by atoms with van der Waals surface area (Å²) >= 11 is 3.56.